The number of aliphatic hydroxyl groups is 1. The Bertz CT molecular complexity index is 495. The van der Waals surface area contributed by atoms with Crippen LogP contribution in [-0.2, 0) is 12.0 Å². The van der Waals surface area contributed by atoms with Gasteiger partial charge in [0, 0.05) is 5.56 Å². The maximum absolute atomic E-state index is 12.7. The number of benzene rings is 1. The van der Waals surface area contributed by atoms with E-state index in [0.29, 0.717) is 6.07 Å². The topological polar surface area (TPSA) is 20.2 Å². The predicted molar refractivity (Wildman–Crippen MR) is 61.8 cm³/mol. The lowest BCUT2D eigenvalue weighted by Crippen LogP contribution is -2.54. The summed E-state index contributed by atoms with van der Waals surface area (Å²) in [5.41, 5.74) is -6.35. The van der Waals surface area contributed by atoms with Crippen molar-refractivity contribution in [3.05, 3.63) is 33.3 Å². The van der Waals surface area contributed by atoms with E-state index in [4.69, 9.17) is 23.2 Å². The highest BCUT2D eigenvalue weighted by Crippen LogP contribution is 2.52. The van der Waals surface area contributed by atoms with Crippen molar-refractivity contribution in [3.63, 3.8) is 0 Å². The summed E-state index contributed by atoms with van der Waals surface area (Å²) in [4.78, 5) is 0. The highest BCUT2D eigenvalue weighted by atomic mass is 35.5. The molecule has 0 amide bonds. The van der Waals surface area contributed by atoms with Crippen molar-refractivity contribution in [3.8, 4) is 0 Å². The van der Waals surface area contributed by atoms with Crippen molar-refractivity contribution in [2.24, 2.45) is 0 Å². The molecule has 0 aromatic heterocycles. The second-order valence-corrected chi connectivity index (χ2v) is 4.72. The Morgan fingerprint density at radius 1 is 0.950 bits per heavy atom. The smallest absolute Gasteiger partial charge is 0.369 e. The van der Waals surface area contributed by atoms with E-state index in [1.807, 2.05) is 0 Å². The van der Waals surface area contributed by atoms with E-state index in [9.17, 15) is 31.4 Å². The van der Waals surface area contributed by atoms with E-state index in [0.717, 1.165) is 6.07 Å². The molecule has 1 aromatic carbocycles. The maximum atomic E-state index is 12.7. The van der Waals surface area contributed by atoms with Crippen molar-refractivity contribution in [2.45, 2.75) is 31.3 Å². The quantitative estimate of drug-likeness (QED) is 0.761. The van der Waals surface area contributed by atoms with Crippen LogP contribution in [0.5, 0.6) is 0 Å². The largest absolute Gasteiger partial charge is 0.430 e. The molecule has 114 valence electrons. The van der Waals surface area contributed by atoms with Crippen LogP contribution in [0.15, 0.2) is 12.1 Å². The first-order chi connectivity index (χ1) is 8.88. The van der Waals surface area contributed by atoms with Gasteiger partial charge in [-0.15, -0.1) is 0 Å². The minimum atomic E-state index is -5.99. The van der Waals surface area contributed by atoms with Crippen LogP contribution in [0.25, 0.3) is 0 Å². The molecule has 9 heteroatoms. The van der Waals surface area contributed by atoms with Crippen LogP contribution in [0.4, 0.5) is 26.3 Å². The second-order valence-electron chi connectivity index (χ2n) is 3.96. The Balaban J connectivity index is 3.66. The first-order valence-corrected chi connectivity index (χ1v) is 5.96. The van der Waals surface area contributed by atoms with Crippen molar-refractivity contribution in [2.75, 3.05) is 0 Å². The number of alkyl halides is 6. The van der Waals surface area contributed by atoms with Gasteiger partial charge >= 0.3 is 12.4 Å². The van der Waals surface area contributed by atoms with E-state index in [2.05, 4.69) is 0 Å². The summed E-state index contributed by atoms with van der Waals surface area (Å²) >= 11 is 11.1. The maximum Gasteiger partial charge on any atom is 0.430 e. The molecule has 0 spiro atoms. The molecule has 1 aromatic rings. The second kappa shape index (κ2) is 5.27. The van der Waals surface area contributed by atoms with Crippen LogP contribution in [0, 0.1) is 0 Å². The molecule has 20 heavy (non-hydrogen) atoms. The summed E-state index contributed by atoms with van der Waals surface area (Å²) in [5, 5.41) is 7.82. The van der Waals surface area contributed by atoms with Crippen molar-refractivity contribution in [1.82, 2.24) is 0 Å². The summed E-state index contributed by atoms with van der Waals surface area (Å²) in [7, 11) is 0. The lowest BCUT2D eigenvalue weighted by molar-refractivity contribution is -0.376. The van der Waals surface area contributed by atoms with Crippen LogP contribution in [0.1, 0.15) is 18.1 Å². The molecule has 0 saturated heterocycles. The summed E-state index contributed by atoms with van der Waals surface area (Å²) in [6, 6.07) is 1.44. The molecule has 0 aliphatic carbocycles. The van der Waals surface area contributed by atoms with Gasteiger partial charge in [0.25, 0.3) is 5.60 Å². The first-order valence-electron chi connectivity index (χ1n) is 5.21. The molecule has 0 aliphatic rings. The van der Waals surface area contributed by atoms with Gasteiger partial charge < -0.3 is 5.11 Å². The zero-order valence-corrected chi connectivity index (χ0v) is 11.3. The third-order valence-electron chi connectivity index (χ3n) is 2.75. The summed E-state index contributed by atoms with van der Waals surface area (Å²) in [5.74, 6) is 0. The van der Waals surface area contributed by atoms with Crippen LogP contribution in [-0.4, -0.2) is 17.5 Å². The SMILES string of the molecule is CCc1ccc(C(O)(C(F)(F)F)C(F)(F)F)c(Cl)c1Cl. The zero-order chi connectivity index (χ0) is 15.9. The predicted octanol–water partition coefficient (Wildman–Crippen LogP) is 4.87. The Morgan fingerprint density at radius 3 is 1.75 bits per heavy atom. The van der Waals surface area contributed by atoms with Crippen LogP contribution in [0.3, 0.4) is 0 Å². The lowest BCUT2D eigenvalue weighted by atomic mass is 9.91. The first kappa shape index (κ1) is 17.4. The molecule has 0 heterocycles. The molecule has 0 saturated carbocycles. The van der Waals surface area contributed by atoms with Gasteiger partial charge in [0.15, 0.2) is 0 Å². The number of rotatable bonds is 2. The Morgan fingerprint density at radius 2 is 1.40 bits per heavy atom. The molecule has 0 bridgehead atoms. The Kier molecular flexibility index (Phi) is 4.58. The van der Waals surface area contributed by atoms with Gasteiger partial charge in [0.05, 0.1) is 10.0 Å². The summed E-state index contributed by atoms with van der Waals surface area (Å²) in [6.45, 7) is 1.59. The minimum absolute atomic E-state index is 0.259. The third kappa shape index (κ3) is 2.58. The Hall–Kier alpha value is -0.660. The molecular weight excluding hydrogens is 333 g/mol. The molecule has 1 nitrogen and oxygen atoms in total. The summed E-state index contributed by atoms with van der Waals surface area (Å²) in [6.07, 6.45) is -11.7. The molecule has 0 radical (unpaired) electrons. The average Bonchev–Trinajstić information content (AvgIpc) is 2.28. The third-order valence-corrected chi connectivity index (χ3v) is 3.67. The number of hydrogen-bond acceptors (Lipinski definition) is 1. The minimum Gasteiger partial charge on any atom is -0.369 e. The lowest BCUT2D eigenvalue weighted by Gasteiger charge is -2.33. The van der Waals surface area contributed by atoms with E-state index >= 15 is 0 Å². The fourth-order valence-electron chi connectivity index (χ4n) is 1.61. The van der Waals surface area contributed by atoms with Crippen molar-refractivity contribution < 1.29 is 31.4 Å². The van der Waals surface area contributed by atoms with Gasteiger partial charge in [-0.3, -0.25) is 0 Å². The van der Waals surface area contributed by atoms with Gasteiger partial charge in [0.1, 0.15) is 0 Å². The monoisotopic (exact) mass is 340 g/mol. The fourth-order valence-corrected chi connectivity index (χ4v) is 2.23. The van der Waals surface area contributed by atoms with Crippen molar-refractivity contribution >= 4 is 23.2 Å². The van der Waals surface area contributed by atoms with Crippen LogP contribution >= 0.6 is 23.2 Å². The number of halogens is 8. The Labute approximate surface area is 120 Å². The number of aryl methyl sites for hydroxylation is 1. The van der Waals surface area contributed by atoms with E-state index in [1.165, 1.54) is 0 Å². The van der Waals surface area contributed by atoms with Crippen LogP contribution in [0.2, 0.25) is 10.0 Å². The molecule has 0 unspecified atom stereocenters. The number of hydrogen-bond donors (Lipinski definition) is 1. The van der Waals surface area contributed by atoms with Gasteiger partial charge in [0.2, 0.25) is 0 Å². The molecule has 1 rings (SSSR count). The highest BCUT2D eigenvalue weighted by Gasteiger charge is 2.72. The molecule has 0 aliphatic heterocycles. The molecular formula is C11H8Cl2F6O. The standard InChI is InChI=1S/C11H8Cl2F6O/c1-2-5-3-4-6(8(13)7(5)12)9(20,10(14,15)16)11(17,18)19/h3-4,20H,2H2,1H3. The normalized spacial score (nSPS) is 13.7. The molecule has 1 N–H and O–H groups in total. The van der Waals surface area contributed by atoms with E-state index < -0.39 is 33.6 Å². The summed E-state index contributed by atoms with van der Waals surface area (Å²) < 4.78 is 76.3. The van der Waals surface area contributed by atoms with E-state index in [1.54, 1.807) is 6.92 Å². The fraction of sp³-hybridized carbons (Fsp3) is 0.455. The van der Waals surface area contributed by atoms with Crippen LogP contribution < -0.4 is 0 Å². The van der Waals surface area contributed by atoms with Gasteiger partial charge in [-0.2, -0.15) is 26.3 Å². The van der Waals surface area contributed by atoms with E-state index in [-0.39, 0.29) is 12.0 Å². The molecule has 0 fully saturated rings. The van der Waals surface area contributed by atoms with Gasteiger partial charge in [-0.25, -0.2) is 0 Å². The average molecular weight is 341 g/mol. The van der Waals surface area contributed by atoms with Crippen molar-refractivity contribution in [1.29, 1.82) is 0 Å². The molecule has 0 atom stereocenters. The van der Waals surface area contributed by atoms with Gasteiger partial charge in [-0.1, -0.05) is 42.3 Å². The highest BCUT2D eigenvalue weighted by molar-refractivity contribution is 6.43. The zero-order valence-electron chi connectivity index (χ0n) is 9.83. The van der Waals surface area contributed by atoms with Gasteiger partial charge in [-0.05, 0) is 12.0 Å².